The molecular formula is C13H18F6N2O2. The van der Waals surface area contributed by atoms with E-state index in [1.807, 2.05) is 0 Å². The van der Waals surface area contributed by atoms with Gasteiger partial charge in [0.2, 0.25) is 0 Å². The summed E-state index contributed by atoms with van der Waals surface area (Å²) in [6, 6.07) is -0.904. The van der Waals surface area contributed by atoms with Crippen LogP contribution in [0.15, 0.2) is 0 Å². The fraction of sp³-hybridized carbons (Fsp3) is 0.923. The summed E-state index contributed by atoms with van der Waals surface area (Å²) in [6.07, 6.45) is -9.84. The number of halogens is 6. The number of ether oxygens (including phenoxy) is 1. The third kappa shape index (κ3) is 3.67. The molecule has 2 aliphatic rings. The molecule has 0 aromatic heterocycles. The smallest absolute Gasteiger partial charge is 0.378 e. The second kappa shape index (κ2) is 6.37. The van der Waals surface area contributed by atoms with Crippen molar-refractivity contribution in [3.63, 3.8) is 0 Å². The zero-order chi connectivity index (χ0) is 17.3. The highest BCUT2D eigenvalue weighted by Gasteiger charge is 2.72. The molecule has 0 aromatic carbocycles. The van der Waals surface area contributed by atoms with Crippen LogP contribution in [-0.2, 0) is 4.74 Å². The fourth-order valence-electron chi connectivity index (χ4n) is 2.93. The average molecular weight is 348 g/mol. The van der Waals surface area contributed by atoms with E-state index in [0.29, 0.717) is 17.9 Å². The molecule has 1 atom stereocenters. The van der Waals surface area contributed by atoms with Crippen molar-refractivity contribution in [3.05, 3.63) is 0 Å². The molecule has 0 aliphatic carbocycles. The van der Waals surface area contributed by atoms with Crippen LogP contribution in [0.25, 0.3) is 0 Å². The third-order valence-corrected chi connectivity index (χ3v) is 4.41. The van der Waals surface area contributed by atoms with E-state index in [1.165, 1.54) is 0 Å². The second-order valence-electron chi connectivity index (χ2n) is 5.90. The summed E-state index contributed by atoms with van der Waals surface area (Å²) in [5.41, 5.74) is -3.84. The number of carbonyl (C=O) groups is 1. The maximum atomic E-state index is 12.9. The molecule has 0 spiro atoms. The minimum absolute atomic E-state index is 0.0154. The van der Waals surface area contributed by atoms with Gasteiger partial charge in [-0.25, -0.2) is 4.79 Å². The van der Waals surface area contributed by atoms with E-state index in [4.69, 9.17) is 4.74 Å². The van der Waals surface area contributed by atoms with Gasteiger partial charge in [-0.3, -0.25) is 0 Å². The molecule has 2 rings (SSSR count). The largest absolute Gasteiger partial charge is 0.404 e. The van der Waals surface area contributed by atoms with Crippen molar-refractivity contribution in [2.75, 3.05) is 26.2 Å². The van der Waals surface area contributed by atoms with Crippen molar-refractivity contribution in [2.24, 2.45) is 5.41 Å². The summed E-state index contributed by atoms with van der Waals surface area (Å²) in [4.78, 5) is 12.4. The van der Waals surface area contributed by atoms with Gasteiger partial charge in [-0.05, 0) is 25.7 Å². The molecule has 10 heteroatoms. The summed E-state index contributed by atoms with van der Waals surface area (Å²) < 4.78 is 82.8. The Bertz CT molecular complexity index is 417. The predicted octanol–water partition coefficient (Wildman–Crippen LogP) is 3.08. The van der Waals surface area contributed by atoms with Gasteiger partial charge in [0.15, 0.2) is 5.41 Å². The SMILES string of the molecule is O=C(NCCC1CCCO1)N1CCC(C(F)(F)F)(C(F)(F)F)C1. The van der Waals surface area contributed by atoms with Crippen molar-refractivity contribution in [1.29, 1.82) is 0 Å². The van der Waals surface area contributed by atoms with Gasteiger partial charge >= 0.3 is 18.4 Å². The molecule has 23 heavy (non-hydrogen) atoms. The first-order valence-corrected chi connectivity index (χ1v) is 7.35. The topological polar surface area (TPSA) is 41.6 Å². The average Bonchev–Trinajstić information content (AvgIpc) is 3.06. The molecule has 0 saturated carbocycles. The Kier molecular flexibility index (Phi) is 5.03. The third-order valence-electron chi connectivity index (χ3n) is 4.41. The lowest BCUT2D eigenvalue weighted by Crippen LogP contribution is -2.53. The molecule has 2 saturated heterocycles. The Labute approximate surface area is 129 Å². The number of alkyl halides is 6. The maximum absolute atomic E-state index is 12.9. The lowest BCUT2D eigenvalue weighted by Gasteiger charge is -2.33. The van der Waals surface area contributed by atoms with E-state index in [-0.39, 0.29) is 12.6 Å². The number of urea groups is 1. The molecule has 0 bridgehead atoms. The van der Waals surface area contributed by atoms with Crippen LogP contribution in [0, 0.1) is 5.41 Å². The Morgan fingerprint density at radius 3 is 2.35 bits per heavy atom. The number of hydrogen-bond donors (Lipinski definition) is 1. The van der Waals surface area contributed by atoms with Gasteiger partial charge in [-0.2, -0.15) is 26.3 Å². The lowest BCUT2D eigenvalue weighted by molar-refractivity contribution is -0.334. The Morgan fingerprint density at radius 1 is 1.22 bits per heavy atom. The van der Waals surface area contributed by atoms with E-state index in [2.05, 4.69) is 5.32 Å². The van der Waals surface area contributed by atoms with Gasteiger partial charge in [0, 0.05) is 26.2 Å². The van der Waals surface area contributed by atoms with Crippen LogP contribution in [0.5, 0.6) is 0 Å². The van der Waals surface area contributed by atoms with Gasteiger partial charge in [0.05, 0.1) is 6.10 Å². The lowest BCUT2D eigenvalue weighted by atomic mass is 9.85. The molecule has 2 aliphatic heterocycles. The van der Waals surface area contributed by atoms with Crippen molar-refractivity contribution in [2.45, 2.75) is 44.1 Å². The Balaban J connectivity index is 1.90. The molecule has 0 radical (unpaired) electrons. The van der Waals surface area contributed by atoms with Crippen LogP contribution < -0.4 is 5.32 Å². The molecule has 4 nitrogen and oxygen atoms in total. The van der Waals surface area contributed by atoms with Crippen molar-refractivity contribution in [1.82, 2.24) is 10.2 Å². The molecule has 134 valence electrons. The number of likely N-dealkylation sites (tertiary alicyclic amines) is 1. The van der Waals surface area contributed by atoms with Crippen LogP contribution in [0.4, 0.5) is 31.1 Å². The van der Waals surface area contributed by atoms with Crippen LogP contribution in [-0.4, -0.2) is 55.6 Å². The highest BCUT2D eigenvalue weighted by molar-refractivity contribution is 5.74. The van der Waals surface area contributed by atoms with E-state index in [9.17, 15) is 31.1 Å². The maximum Gasteiger partial charge on any atom is 0.404 e. The molecule has 2 amide bonds. The summed E-state index contributed by atoms with van der Waals surface area (Å²) in [5.74, 6) is 0. The van der Waals surface area contributed by atoms with Gasteiger partial charge in [-0.1, -0.05) is 0 Å². The summed E-state index contributed by atoms with van der Waals surface area (Å²) in [5, 5.41) is 2.36. The molecule has 2 fully saturated rings. The highest BCUT2D eigenvalue weighted by Crippen LogP contribution is 2.55. The second-order valence-corrected chi connectivity index (χ2v) is 5.90. The zero-order valence-corrected chi connectivity index (χ0v) is 12.3. The van der Waals surface area contributed by atoms with E-state index < -0.39 is 43.3 Å². The summed E-state index contributed by atoms with van der Waals surface area (Å²) >= 11 is 0. The van der Waals surface area contributed by atoms with Crippen LogP contribution in [0.2, 0.25) is 0 Å². The van der Waals surface area contributed by atoms with Gasteiger partial charge < -0.3 is 15.0 Å². The predicted molar refractivity (Wildman–Crippen MR) is 67.7 cm³/mol. The molecule has 0 aromatic rings. The normalized spacial score (nSPS) is 25.0. The monoisotopic (exact) mass is 348 g/mol. The number of amides is 2. The fourth-order valence-corrected chi connectivity index (χ4v) is 2.93. The van der Waals surface area contributed by atoms with Crippen LogP contribution in [0.3, 0.4) is 0 Å². The Morgan fingerprint density at radius 2 is 1.87 bits per heavy atom. The van der Waals surface area contributed by atoms with Crippen LogP contribution in [0.1, 0.15) is 25.7 Å². The zero-order valence-electron chi connectivity index (χ0n) is 12.3. The standard InChI is InChI=1S/C13H18F6N2O2/c14-12(15,16)11(13(17,18)19)4-6-21(8-11)10(22)20-5-3-9-2-1-7-23-9/h9H,1-8H2,(H,20,22). The van der Waals surface area contributed by atoms with Crippen molar-refractivity contribution >= 4 is 6.03 Å². The van der Waals surface area contributed by atoms with Crippen LogP contribution >= 0.6 is 0 Å². The summed E-state index contributed by atoms with van der Waals surface area (Å²) in [6.45, 7) is -1.19. The quantitative estimate of drug-likeness (QED) is 0.797. The first-order chi connectivity index (χ1) is 10.6. The number of rotatable bonds is 3. The Hall–Kier alpha value is -1.19. The molecular weight excluding hydrogens is 330 g/mol. The summed E-state index contributed by atoms with van der Waals surface area (Å²) in [7, 11) is 0. The number of carbonyl (C=O) groups excluding carboxylic acids is 1. The first kappa shape index (κ1) is 18.2. The molecule has 1 N–H and O–H groups in total. The van der Waals surface area contributed by atoms with Gasteiger partial charge in [0.25, 0.3) is 0 Å². The number of hydrogen-bond acceptors (Lipinski definition) is 2. The minimum Gasteiger partial charge on any atom is -0.378 e. The van der Waals surface area contributed by atoms with E-state index in [0.717, 1.165) is 12.8 Å². The van der Waals surface area contributed by atoms with Crippen molar-refractivity contribution < 1.29 is 35.9 Å². The molecule has 1 unspecified atom stereocenters. The van der Waals surface area contributed by atoms with Gasteiger partial charge in [0.1, 0.15) is 0 Å². The highest BCUT2D eigenvalue weighted by atomic mass is 19.4. The number of nitrogens with zero attached hydrogens (tertiary/aromatic N) is 1. The van der Waals surface area contributed by atoms with E-state index >= 15 is 0 Å². The van der Waals surface area contributed by atoms with E-state index in [1.54, 1.807) is 0 Å². The van der Waals surface area contributed by atoms with Crippen molar-refractivity contribution in [3.8, 4) is 0 Å². The van der Waals surface area contributed by atoms with Gasteiger partial charge in [-0.15, -0.1) is 0 Å². The minimum atomic E-state index is -5.45. The number of nitrogens with one attached hydrogen (secondary N) is 1. The molecule has 2 heterocycles. The first-order valence-electron chi connectivity index (χ1n) is 7.35.